The Morgan fingerprint density at radius 1 is 0.812 bits per heavy atom. The molecule has 1 N–H and O–H groups in total. The highest BCUT2D eigenvalue weighted by atomic mass is 19.1. The highest BCUT2D eigenvalue weighted by Gasteiger charge is 2.30. The zero-order valence-corrected chi connectivity index (χ0v) is 20.1. The minimum absolute atomic E-state index is 0.287. The van der Waals surface area contributed by atoms with Crippen molar-refractivity contribution in [1.82, 2.24) is 5.32 Å². The van der Waals surface area contributed by atoms with Gasteiger partial charge < -0.3 is 19.5 Å². The molecule has 0 aliphatic heterocycles. The summed E-state index contributed by atoms with van der Waals surface area (Å²) in [6, 6.07) is 1.78. The van der Waals surface area contributed by atoms with E-state index in [1.54, 1.807) is 62.3 Å². The van der Waals surface area contributed by atoms with Crippen LogP contribution in [0.3, 0.4) is 0 Å². The number of amides is 1. The average molecular weight is 454 g/mol. The number of hydrogen-bond donors (Lipinski definition) is 1. The lowest BCUT2D eigenvalue weighted by Gasteiger charge is -2.21. The van der Waals surface area contributed by atoms with Gasteiger partial charge in [-0.05, 0) is 68.4 Å². The fraction of sp³-hybridized carbons (Fsp3) is 0.565. The molecule has 0 heterocycles. The number of rotatable bonds is 5. The Labute approximate surface area is 187 Å². The molecule has 0 aliphatic rings. The van der Waals surface area contributed by atoms with E-state index in [9.17, 15) is 23.6 Å². The van der Waals surface area contributed by atoms with E-state index < -0.39 is 58.2 Å². The first-order valence-corrected chi connectivity index (χ1v) is 10.1. The Bertz CT molecular complexity index is 903. The van der Waals surface area contributed by atoms with E-state index in [1.807, 2.05) is 0 Å². The Morgan fingerprint density at radius 3 is 1.66 bits per heavy atom. The van der Waals surface area contributed by atoms with Crippen molar-refractivity contribution in [2.24, 2.45) is 10.8 Å². The number of ketones is 1. The molecule has 1 amide bonds. The first kappa shape index (κ1) is 27.1. The number of halogens is 1. The van der Waals surface area contributed by atoms with Crippen LogP contribution in [0.2, 0.25) is 0 Å². The van der Waals surface area contributed by atoms with Gasteiger partial charge in [0.15, 0.2) is 17.3 Å². The summed E-state index contributed by atoms with van der Waals surface area (Å²) in [5.74, 6) is -3.79. The van der Waals surface area contributed by atoms with Crippen molar-refractivity contribution in [3.8, 4) is 11.5 Å². The van der Waals surface area contributed by atoms with Crippen LogP contribution in [0, 0.1) is 16.6 Å². The maximum Gasteiger partial charge on any atom is 0.408 e. The molecule has 32 heavy (non-hydrogen) atoms. The van der Waals surface area contributed by atoms with Gasteiger partial charge in [-0.1, -0.05) is 0 Å². The zero-order chi connectivity index (χ0) is 25.1. The first-order valence-electron chi connectivity index (χ1n) is 10.1. The van der Waals surface area contributed by atoms with Crippen molar-refractivity contribution in [3.05, 3.63) is 23.5 Å². The van der Waals surface area contributed by atoms with Gasteiger partial charge in [0.25, 0.3) is 0 Å². The molecule has 0 fully saturated rings. The summed E-state index contributed by atoms with van der Waals surface area (Å²) in [6.45, 7) is 14.0. The summed E-state index contributed by atoms with van der Waals surface area (Å²) >= 11 is 0. The molecule has 0 saturated carbocycles. The van der Waals surface area contributed by atoms with Crippen LogP contribution in [0.25, 0.3) is 0 Å². The molecular weight excluding hydrogens is 421 g/mol. The van der Waals surface area contributed by atoms with E-state index in [0.717, 1.165) is 12.1 Å². The van der Waals surface area contributed by atoms with Crippen LogP contribution in [-0.4, -0.2) is 36.0 Å². The van der Waals surface area contributed by atoms with Gasteiger partial charge in [-0.2, -0.15) is 0 Å². The number of alkyl carbamates (subject to hydrolysis) is 1. The molecule has 0 spiro atoms. The molecule has 0 bridgehead atoms. The number of carbonyl (C=O) groups is 4. The lowest BCUT2D eigenvalue weighted by Crippen LogP contribution is -2.35. The lowest BCUT2D eigenvalue weighted by atomic mass is 9.97. The summed E-state index contributed by atoms with van der Waals surface area (Å²) in [5.41, 5.74) is -3.05. The smallest absolute Gasteiger partial charge is 0.408 e. The number of esters is 2. The van der Waals surface area contributed by atoms with Crippen molar-refractivity contribution in [1.29, 1.82) is 0 Å². The molecular formula is C23H32FNO7. The maximum absolute atomic E-state index is 14.7. The van der Waals surface area contributed by atoms with Crippen LogP contribution in [0.4, 0.5) is 9.18 Å². The standard InChI is InChI=1S/C23H32FNO7/c1-21(2,3)18(27)30-16-10-13(15(26)12-25-20(29)32-23(7,8)9)14(24)11-17(16)31-19(28)22(4,5)6/h10-11H,12H2,1-9H3,(H,25,29). The molecule has 1 aromatic carbocycles. The van der Waals surface area contributed by atoms with Crippen LogP contribution in [0.1, 0.15) is 72.7 Å². The van der Waals surface area contributed by atoms with Crippen molar-refractivity contribution < 1.29 is 37.8 Å². The molecule has 0 radical (unpaired) electrons. The van der Waals surface area contributed by atoms with Crippen LogP contribution >= 0.6 is 0 Å². The van der Waals surface area contributed by atoms with Crippen LogP contribution < -0.4 is 14.8 Å². The molecule has 0 unspecified atom stereocenters. The van der Waals surface area contributed by atoms with Gasteiger partial charge in [0.1, 0.15) is 11.4 Å². The fourth-order valence-corrected chi connectivity index (χ4v) is 1.98. The number of benzene rings is 1. The minimum atomic E-state index is -1.01. The molecule has 8 nitrogen and oxygen atoms in total. The summed E-state index contributed by atoms with van der Waals surface area (Å²) < 4.78 is 30.3. The predicted molar refractivity (Wildman–Crippen MR) is 115 cm³/mol. The van der Waals surface area contributed by atoms with Gasteiger partial charge in [0, 0.05) is 6.07 Å². The van der Waals surface area contributed by atoms with Gasteiger partial charge in [-0.25, -0.2) is 9.18 Å². The third kappa shape index (κ3) is 8.28. The van der Waals surface area contributed by atoms with Gasteiger partial charge >= 0.3 is 18.0 Å². The lowest BCUT2D eigenvalue weighted by molar-refractivity contribution is -0.145. The Balaban J connectivity index is 3.24. The normalized spacial score (nSPS) is 12.1. The van der Waals surface area contributed by atoms with Gasteiger partial charge in [-0.15, -0.1) is 0 Å². The van der Waals surface area contributed by atoms with E-state index >= 15 is 0 Å². The van der Waals surface area contributed by atoms with Crippen LogP contribution in [-0.2, 0) is 14.3 Å². The molecule has 0 atom stereocenters. The molecule has 0 saturated heterocycles. The molecule has 1 aromatic rings. The maximum atomic E-state index is 14.7. The van der Waals surface area contributed by atoms with E-state index in [0.29, 0.717) is 0 Å². The second-order valence-electron chi connectivity index (χ2n) is 10.3. The molecule has 0 aromatic heterocycles. The second kappa shape index (κ2) is 9.67. The topological polar surface area (TPSA) is 108 Å². The van der Waals surface area contributed by atoms with Crippen LogP contribution in [0.5, 0.6) is 11.5 Å². The highest BCUT2D eigenvalue weighted by molar-refractivity contribution is 6.00. The fourth-order valence-electron chi connectivity index (χ4n) is 1.98. The average Bonchev–Trinajstić information content (AvgIpc) is 2.58. The van der Waals surface area contributed by atoms with Crippen molar-refractivity contribution in [2.45, 2.75) is 67.9 Å². The first-order chi connectivity index (χ1) is 14.3. The summed E-state index contributed by atoms with van der Waals surface area (Å²) in [5, 5.41) is 2.25. The molecule has 1 rings (SSSR count). The monoisotopic (exact) mass is 453 g/mol. The third-order valence-corrected chi connectivity index (χ3v) is 3.76. The van der Waals surface area contributed by atoms with Crippen molar-refractivity contribution in [2.75, 3.05) is 6.54 Å². The van der Waals surface area contributed by atoms with Gasteiger partial charge in [0.2, 0.25) is 0 Å². The number of Topliss-reactive ketones (excluding diaryl/α,β-unsaturated/α-hetero) is 1. The van der Waals surface area contributed by atoms with E-state index in [2.05, 4.69) is 5.32 Å². The predicted octanol–water partition coefficient (Wildman–Crippen LogP) is 4.44. The van der Waals surface area contributed by atoms with Crippen LogP contribution in [0.15, 0.2) is 12.1 Å². The van der Waals surface area contributed by atoms with E-state index in [1.165, 1.54) is 0 Å². The largest absolute Gasteiger partial charge is 0.444 e. The summed E-state index contributed by atoms with van der Waals surface area (Å²) in [7, 11) is 0. The Morgan fingerprint density at radius 2 is 1.25 bits per heavy atom. The minimum Gasteiger partial charge on any atom is -0.444 e. The molecule has 178 valence electrons. The van der Waals surface area contributed by atoms with Gasteiger partial charge in [0.05, 0.1) is 22.9 Å². The van der Waals surface area contributed by atoms with Gasteiger partial charge in [-0.3, -0.25) is 14.4 Å². The number of ether oxygens (including phenoxy) is 3. The Hall–Kier alpha value is -2.97. The SMILES string of the molecule is CC(C)(C)OC(=O)NCC(=O)c1cc(OC(=O)C(C)(C)C)c(OC(=O)C(C)(C)C)cc1F. The molecule has 9 heteroatoms. The third-order valence-electron chi connectivity index (χ3n) is 3.76. The number of hydrogen-bond acceptors (Lipinski definition) is 7. The zero-order valence-electron chi connectivity index (χ0n) is 20.1. The van der Waals surface area contributed by atoms with E-state index in [-0.39, 0.29) is 11.5 Å². The number of carbonyl (C=O) groups excluding carboxylic acids is 4. The second-order valence-corrected chi connectivity index (χ2v) is 10.3. The van der Waals surface area contributed by atoms with Crippen molar-refractivity contribution in [3.63, 3.8) is 0 Å². The summed E-state index contributed by atoms with van der Waals surface area (Å²) in [4.78, 5) is 48.9. The molecule has 0 aliphatic carbocycles. The quantitative estimate of drug-likeness (QED) is 0.399. The summed E-state index contributed by atoms with van der Waals surface area (Å²) in [6.07, 6.45) is -0.846. The Kier molecular flexibility index (Phi) is 8.17. The number of nitrogens with one attached hydrogen (secondary N) is 1. The van der Waals surface area contributed by atoms with E-state index in [4.69, 9.17) is 14.2 Å². The van der Waals surface area contributed by atoms with Crippen molar-refractivity contribution >= 4 is 23.8 Å². The highest BCUT2D eigenvalue weighted by Crippen LogP contribution is 2.34.